The molecule has 1 aliphatic carbocycles. The van der Waals surface area contributed by atoms with Gasteiger partial charge in [-0.05, 0) is 48.1 Å². The summed E-state index contributed by atoms with van der Waals surface area (Å²) in [4.78, 5) is 14.7. The fourth-order valence-corrected chi connectivity index (χ4v) is 4.60. The molecule has 2 aromatic carbocycles. The van der Waals surface area contributed by atoms with Crippen molar-refractivity contribution in [1.29, 1.82) is 0 Å². The fraction of sp³-hybridized carbons (Fsp3) is 0.458. The van der Waals surface area contributed by atoms with Gasteiger partial charge in [-0.2, -0.15) is 0 Å². The molecule has 0 N–H and O–H groups in total. The van der Waals surface area contributed by atoms with Crippen molar-refractivity contribution in [1.82, 2.24) is 4.90 Å². The van der Waals surface area contributed by atoms with E-state index in [1.54, 1.807) is 0 Å². The van der Waals surface area contributed by atoms with E-state index in [-0.39, 0.29) is 17.9 Å². The molecule has 0 fully saturated rings. The second-order valence-electron chi connectivity index (χ2n) is 7.76. The number of amides is 1. The van der Waals surface area contributed by atoms with Crippen LogP contribution >= 0.6 is 23.2 Å². The van der Waals surface area contributed by atoms with Crippen LogP contribution in [0.25, 0.3) is 0 Å². The molecule has 28 heavy (non-hydrogen) atoms. The van der Waals surface area contributed by atoms with Gasteiger partial charge >= 0.3 is 0 Å². The van der Waals surface area contributed by atoms with Gasteiger partial charge in [0.05, 0.1) is 16.1 Å². The third kappa shape index (κ3) is 4.72. The Balaban J connectivity index is 1.80. The minimum Gasteiger partial charge on any atom is -0.339 e. The smallest absolute Gasteiger partial charge is 0.222 e. The van der Waals surface area contributed by atoms with Gasteiger partial charge in [0.1, 0.15) is 0 Å². The van der Waals surface area contributed by atoms with Crippen LogP contribution in [0.4, 0.5) is 0 Å². The summed E-state index contributed by atoms with van der Waals surface area (Å²) in [5, 5.41) is 1.18. The molecule has 0 radical (unpaired) electrons. The van der Waals surface area contributed by atoms with Gasteiger partial charge in [0.25, 0.3) is 0 Å². The Morgan fingerprint density at radius 3 is 2.46 bits per heavy atom. The first kappa shape index (κ1) is 21.2. The Morgan fingerprint density at radius 1 is 1.00 bits per heavy atom. The van der Waals surface area contributed by atoms with E-state index in [1.807, 2.05) is 24.1 Å². The quantitative estimate of drug-likeness (QED) is 0.429. The second-order valence-corrected chi connectivity index (χ2v) is 8.58. The number of benzene rings is 2. The summed E-state index contributed by atoms with van der Waals surface area (Å²) in [5.74, 6) is 0.541. The minimum absolute atomic E-state index is 0.147. The zero-order valence-corrected chi connectivity index (χ0v) is 18.3. The zero-order chi connectivity index (χ0) is 20.1. The lowest BCUT2D eigenvalue weighted by atomic mass is 9.76. The predicted molar refractivity (Wildman–Crippen MR) is 118 cm³/mol. The van der Waals surface area contributed by atoms with Crippen LogP contribution in [-0.4, -0.2) is 17.9 Å². The summed E-state index contributed by atoms with van der Waals surface area (Å²) in [6.07, 6.45) is 7.11. The summed E-state index contributed by atoms with van der Waals surface area (Å²) in [6.45, 7) is 2.19. The van der Waals surface area contributed by atoms with E-state index in [0.29, 0.717) is 16.5 Å². The van der Waals surface area contributed by atoms with Crippen LogP contribution in [0.15, 0.2) is 42.5 Å². The van der Waals surface area contributed by atoms with Crippen LogP contribution in [0, 0.1) is 0 Å². The topological polar surface area (TPSA) is 20.3 Å². The number of fused-ring (bicyclic) bond motifs is 1. The van der Waals surface area contributed by atoms with Crippen LogP contribution in [0.1, 0.15) is 80.5 Å². The molecular weight excluding hydrogens is 389 g/mol. The highest BCUT2D eigenvalue weighted by Gasteiger charge is 2.31. The molecule has 2 aromatic rings. The molecule has 3 rings (SSSR count). The first-order valence-electron chi connectivity index (χ1n) is 10.3. The second kappa shape index (κ2) is 9.80. The first-order valence-corrected chi connectivity index (χ1v) is 11.1. The number of carbonyl (C=O) groups is 1. The van der Waals surface area contributed by atoms with Gasteiger partial charge in [-0.25, -0.2) is 0 Å². The molecule has 2 nitrogen and oxygen atoms in total. The highest BCUT2D eigenvalue weighted by atomic mass is 35.5. The van der Waals surface area contributed by atoms with Gasteiger partial charge in [0, 0.05) is 19.4 Å². The Hall–Kier alpha value is -1.51. The van der Waals surface area contributed by atoms with Crippen molar-refractivity contribution in [3.63, 3.8) is 0 Å². The molecule has 0 bridgehead atoms. The number of unbranched alkanes of at least 4 members (excludes halogenated alkanes) is 3. The fourth-order valence-electron chi connectivity index (χ4n) is 4.30. The summed E-state index contributed by atoms with van der Waals surface area (Å²) >= 11 is 12.4. The lowest BCUT2D eigenvalue weighted by Crippen LogP contribution is -2.34. The van der Waals surface area contributed by atoms with Gasteiger partial charge < -0.3 is 4.90 Å². The first-order chi connectivity index (χ1) is 13.5. The van der Waals surface area contributed by atoms with Crippen molar-refractivity contribution in [2.75, 3.05) is 7.05 Å². The molecule has 0 saturated carbocycles. The van der Waals surface area contributed by atoms with E-state index in [9.17, 15) is 4.79 Å². The van der Waals surface area contributed by atoms with Crippen LogP contribution in [-0.2, 0) is 4.79 Å². The number of hydrogen-bond donors (Lipinski definition) is 0. The molecule has 2 atom stereocenters. The molecule has 150 valence electrons. The molecular formula is C24H29Cl2NO. The third-order valence-corrected chi connectivity index (χ3v) is 6.65. The van der Waals surface area contributed by atoms with E-state index in [0.717, 1.165) is 25.7 Å². The maximum atomic E-state index is 12.7. The van der Waals surface area contributed by atoms with Crippen LogP contribution in [0.3, 0.4) is 0 Å². The van der Waals surface area contributed by atoms with Crippen LogP contribution in [0.2, 0.25) is 10.0 Å². The normalized spacial score (nSPS) is 18.6. The van der Waals surface area contributed by atoms with Crippen molar-refractivity contribution in [2.24, 2.45) is 0 Å². The monoisotopic (exact) mass is 417 g/mol. The Morgan fingerprint density at radius 2 is 1.75 bits per heavy atom. The SMILES string of the molecule is CCCCCCC(=O)N(C)[C@H]1CC[C@@H](c2ccc(Cl)c(Cl)c2)c2ccccc21. The van der Waals surface area contributed by atoms with E-state index >= 15 is 0 Å². The van der Waals surface area contributed by atoms with Gasteiger partial charge in [-0.3, -0.25) is 4.79 Å². The van der Waals surface area contributed by atoms with Crippen molar-refractivity contribution >= 4 is 29.1 Å². The lowest BCUT2D eigenvalue weighted by molar-refractivity contribution is -0.132. The maximum absolute atomic E-state index is 12.7. The van der Waals surface area contributed by atoms with Gasteiger partial charge in [-0.15, -0.1) is 0 Å². The molecule has 0 saturated heterocycles. The highest BCUT2D eigenvalue weighted by Crippen LogP contribution is 2.44. The van der Waals surface area contributed by atoms with Crippen molar-refractivity contribution in [3.8, 4) is 0 Å². The third-order valence-electron chi connectivity index (χ3n) is 5.91. The van der Waals surface area contributed by atoms with Crippen molar-refractivity contribution in [3.05, 3.63) is 69.2 Å². The predicted octanol–water partition coefficient (Wildman–Crippen LogP) is 7.39. The molecule has 0 spiro atoms. The molecule has 1 amide bonds. The average Bonchev–Trinajstić information content (AvgIpc) is 2.72. The molecule has 0 heterocycles. The standard InChI is InChI=1S/C24H29Cl2NO/c1-3-4-5-6-11-24(28)27(2)23-15-13-18(19-9-7-8-10-20(19)23)17-12-14-21(25)22(26)16-17/h7-10,12,14,16,18,23H,3-6,11,13,15H2,1-2H3/t18-,23-/m0/s1. The van der Waals surface area contributed by atoms with E-state index in [1.165, 1.54) is 29.5 Å². The number of hydrogen-bond acceptors (Lipinski definition) is 1. The molecule has 0 aliphatic heterocycles. The van der Waals surface area contributed by atoms with Crippen LogP contribution in [0.5, 0.6) is 0 Å². The summed E-state index contributed by atoms with van der Waals surface area (Å²) in [5.41, 5.74) is 3.74. The summed E-state index contributed by atoms with van der Waals surface area (Å²) in [7, 11) is 1.96. The number of rotatable bonds is 7. The number of carbonyl (C=O) groups excluding carboxylic acids is 1. The van der Waals surface area contributed by atoms with E-state index in [2.05, 4.69) is 37.3 Å². The molecule has 4 heteroatoms. The van der Waals surface area contributed by atoms with Gasteiger partial charge in [0.2, 0.25) is 5.91 Å². The van der Waals surface area contributed by atoms with E-state index in [4.69, 9.17) is 23.2 Å². The van der Waals surface area contributed by atoms with Crippen molar-refractivity contribution in [2.45, 2.75) is 63.8 Å². The highest BCUT2D eigenvalue weighted by molar-refractivity contribution is 6.42. The van der Waals surface area contributed by atoms with Gasteiger partial charge in [-0.1, -0.05) is 79.7 Å². The average molecular weight is 418 g/mol. The van der Waals surface area contributed by atoms with Crippen molar-refractivity contribution < 1.29 is 4.79 Å². The van der Waals surface area contributed by atoms with Gasteiger partial charge in [0.15, 0.2) is 0 Å². The molecule has 0 unspecified atom stereocenters. The molecule has 1 aliphatic rings. The number of nitrogens with zero attached hydrogens (tertiary/aromatic N) is 1. The number of halogens is 2. The van der Waals surface area contributed by atoms with E-state index < -0.39 is 0 Å². The van der Waals surface area contributed by atoms with Crippen LogP contribution < -0.4 is 0 Å². The summed E-state index contributed by atoms with van der Waals surface area (Å²) in [6, 6.07) is 14.6. The minimum atomic E-state index is 0.147. The summed E-state index contributed by atoms with van der Waals surface area (Å²) < 4.78 is 0. The Bertz CT molecular complexity index is 820. The molecule has 0 aromatic heterocycles. The Kier molecular flexibility index (Phi) is 7.42. The largest absolute Gasteiger partial charge is 0.339 e. The maximum Gasteiger partial charge on any atom is 0.222 e. The zero-order valence-electron chi connectivity index (χ0n) is 16.8. The lowest BCUT2D eigenvalue weighted by Gasteiger charge is -2.37. The Labute approximate surface area is 178 Å².